The zero-order chi connectivity index (χ0) is 11.3. The van der Waals surface area contributed by atoms with Crippen molar-refractivity contribution >= 4 is 5.69 Å². The molecule has 0 heterocycles. The molecule has 0 unspecified atom stereocenters. The molecule has 0 amide bonds. The molecule has 0 fully saturated rings. The molecule has 0 bridgehead atoms. The molecule has 3 N–H and O–H groups in total. The van der Waals surface area contributed by atoms with E-state index in [0.29, 0.717) is 23.7 Å². The summed E-state index contributed by atoms with van der Waals surface area (Å²) in [5, 5.41) is 2.90. The van der Waals surface area contributed by atoms with E-state index in [9.17, 15) is 4.39 Å². The molecule has 0 atom stereocenters. The van der Waals surface area contributed by atoms with Crippen LogP contribution in [-0.4, -0.2) is 13.7 Å². The summed E-state index contributed by atoms with van der Waals surface area (Å²) in [6.07, 6.45) is 0. The SMILES string of the molecule is COC/C(Nc1ccccc1F)=C(\C)N. The highest BCUT2D eigenvalue weighted by Gasteiger charge is 2.04. The van der Waals surface area contributed by atoms with Crippen molar-refractivity contribution in [2.75, 3.05) is 19.0 Å². The smallest absolute Gasteiger partial charge is 0.146 e. The van der Waals surface area contributed by atoms with Gasteiger partial charge in [-0.25, -0.2) is 4.39 Å². The van der Waals surface area contributed by atoms with Gasteiger partial charge < -0.3 is 15.8 Å². The fourth-order valence-electron chi connectivity index (χ4n) is 1.12. The van der Waals surface area contributed by atoms with Crippen LogP contribution < -0.4 is 11.1 Å². The van der Waals surface area contributed by atoms with Crippen LogP contribution in [0.1, 0.15) is 6.92 Å². The Morgan fingerprint density at radius 1 is 1.47 bits per heavy atom. The Hall–Kier alpha value is -1.55. The number of para-hydroxylation sites is 1. The molecule has 1 aromatic rings. The lowest BCUT2D eigenvalue weighted by molar-refractivity contribution is 0.225. The summed E-state index contributed by atoms with van der Waals surface area (Å²) in [4.78, 5) is 0. The number of hydrogen-bond donors (Lipinski definition) is 2. The van der Waals surface area contributed by atoms with Crippen LogP contribution >= 0.6 is 0 Å². The molecule has 0 aliphatic heterocycles. The molecule has 15 heavy (non-hydrogen) atoms. The Morgan fingerprint density at radius 2 is 2.13 bits per heavy atom. The van der Waals surface area contributed by atoms with Crippen LogP contribution in [0.2, 0.25) is 0 Å². The van der Waals surface area contributed by atoms with Crippen molar-refractivity contribution in [3.8, 4) is 0 Å². The van der Waals surface area contributed by atoms with E-state index in [1.807, 2.05) is 0 Å². The second-order valence-electron chi connectivity index (χ2n) is 3.20. The lowest BCUT2D eigenvalue weighted by Gasteiger charge is -2.12. The van der Waals surface area contributed by atoms with Crippen LogP contribution in [0.3, 0.4) is 0 Å². The third kappa shape index (κ3) is 3.25. The maximum Gasteiger partial charge on any atom is 0.146 e. The molecule has 1 aromatic carbocycles. The Balaban J connectivity index is 2.84. The number of ether oxygens (including phenoxy) is 1. The average Bonchev–Trinajstić information content (AvgIpc) is 2.20. The van der Waals surface area contributed by atoms with Crippen LogP contribution in [0.5, 0.6) is 0 Å². The van der Waals surface area contributed by atoms with Crippen molar-refractivity contribution in [1.82, 2.24) is 0 Å². The minimum absolute atomic E-state index is 0.313. The number of methoxy groups -OCH3 is 1. The fraction of sp³-hybridized carbons (Fsp3) is 0.273. The minimum Gasteiger partial charge on any atom is -0.401 e. The number of rotatable bonds is 4. The highest BCUT2D eigenvalue weighted by atomic mass is 19.1. The van der Waals surface area contributed by atoms with Gasteiger partial charge in [-0.1, -0.05) is 12.1 Å². The van der Waals surface area contributed by atoms with E-state index in [4.69, 9.17) is 10.5 Å². The molecule has 0 radical (unpaired) electrons. The van der Waals surface area contributed by atoms with Crippen molar-refractivity contribution in [2.24, 2.45) is 5.73 Å². The Morgan fingerprint density at radius 3 is 2.67 bits per heavy atom. The maximum atomic E-state index is 13.3. The molecule has 82 valence electrons. The summed E-state index contributed by atoms with van der Waals surface area (Å²) in [6.45, 7) is 2.07. The van der Waals surface area contributed by atoms with E-state index in [1.54, 1.807) is 32.2 Å². The van der Waals surface area contributed by atoms with Crippen molar-refractivity contribution < 1.29 is 9.13 Å². The predicted octanol–water partition coefficient (Wildman–Crippen LogP) is 2.07. The monoisotopic (exact) mass is 210 g/mol. The van der Waals surface area contributed by atoms with Gasteiger partial charge in [0.2, 0.25) is 0 Å². The van der Waals surface area contributed by atoms with Gasteiger partial charge in [-0.05, 0) is 19.1 Å². The molecule has 3 nitrogen and oxygen atoms in total. The maximum absolute atomic E-state index is 13.3. The van der Waals surface area contributed by atoms with Gasteiger partial charge in [0.05, 0.1) is 18.0 Å². The molecule has 0 saturated carbocycles. The number of nitrogens with one attached hydrogen (secondary N) is 1. The molecule has 0 saturated heterocycles. The van der Waals surface area contributed by atoms with E-state index in [-0.39, 0.29) is 5.82 Å². The molecule has 1 rings (SSSR count). The molecule has 0 aliphatic carbocycles. The normalized spacial score (nSPS) is 12.2. The number of benzene rings is 1. The zero-order valence-electron chi connectivity index (χ0n) is 8.88. The van der Waals surface area contributed by atoms with Gasteiger partial charge in [0.1, 0.15) is 5.82 Å². The van der Waals surface area contributed by atoms with Crippen LogP contribution in [0.25, 0.3) is 0 Å². The van der Waals surface area contributed by atoms with E-state index < -0.39 is 0 Å². The van der Waals surface area contributed by atoms with Crippen LogP contribution in [0, 0.1) is 5.82 Å². The molecule has 0 spiro atoms. The van der Waals surface area contributed by atoms with E-state index in [2.05, 4.69) is 5.32 Å². The topological polar surface area (TPSA) is 47.3 Å². The van der Waals surface area contributed by atoms with Gasteiger partial charge in [-0.15, -0.1) is 0 Å². The van der Waals surface area contributed by atoms with Crippen LogP contribution in [0.4, 0.5) is 10.1 Å². The molecule has 0 aliphatic rings. The second kappa shape index (κ2) is 5.36. The number of anilines is 1. The van der Waals surface area contributed by atoms with Crippen LogP contribution in [0.15, 0.2) is 35.7 Å². The lowest BCUT2D eigenvalue weighted by Crippen LogP contribution is -2.13. The quantitative estimate of drug-likeness (QED) is 0.799. The third-order valence-corrected chi connectivity index (χ3v) is 1.92. The standard InChI is InChI=1S/C11H15FN2O/c1-8(13)11(7-15-2)14-10-6-4-3-5-9(10)12/h3-6,14H,7,13H2,1-2H3/b11-8-. The van der Waals surface area contributed by atoms with Crippen molar-refractivity contribution in [3.05, 3.63) is 41.5 Å². The third-order valence-electron chi connectivity index (χ3n) is 1.92. The fourth-order valence-corrected chi connectivity index (χ4v) is 1.12. The first-order chi connectivity index (χ1) is 7.15. The number of hydrogen-bond acceptors (Lipinski definition) is 3. The zero-order valence-corrected chi connectivity index (χ0v) is 8.88. The number of nitrogens with two attached hydrogens (primary N) is 1. The summed E-state index contributed by atoms with van der Waals surface area (Å²) in [6, 6.07) is 6.42. The highest BCUT2D eigenvalue weighted by Crippen LogP contribution is 2.15. The van der Waals surface area contributed by atoms with Gasteiger partial charge in [-0.3, -0.25) is 0 Å². The lowest BCUT2D eigenvalue weighted by atomic mass is 10.2. The van der Waals surface area contributed by atoms with E-state index in [0.717, 1.165) is 0 Å². The Kier molecular flexibility index (Phi) is 4.12. The Labute approximate surface area is 88.7 Å². The first kappa shape index (κ1) is 11.5. The van der Waals surface area contributed by atoms with Gasteiger partial charge >= 0.3 is 0 Å². The highest BCUT2D eigenvalue weighted by molar-refractivity contribution is 5.50. The first-order valence-corrected chi connectivity index (χ1v) is 4.61. The van der Waals surface area contributed by atoms with E-state index in [1.165, 1.54) is 6.07 Å². The second-order valence-corrected chi connectivity index (χ2v) is 3.20. The van der Waals surface area contributed by atoms with Crippen LogP contribution in [-0.2, 0) is 4.74 Å². The summed E-state index contributed by atoms with van der Waals surface area (Å²) in [7, 11) is 1.56. The van der Waals surface area contributed by atoms with Crippen molar-refractivity contribution in [3.63, 3.8) is 0 Å². The molecule has 0 aromatic heterocycles. The summed E-state index contributed by atoms with van der Waals surface area (Å²) < 4.78 is 18.2. The molecular formula is C11H15FN2O. The summed E-state index contributed by atoms with van der Waals surface area (Å²) >= 11 is 0. The van der Waals surface area contributed by atoms with Gasteiger partial charge in [-0.2, -0.15) is 0 Å². The first-order valence-electron chi connectivity index (χ1n) is 4.61. The Bertz CT molecular complexity index is 359. The van der Waals surface area contributed by atoms with Crippen molar-refractivity contribution in [2.45, 2.75) is 6.92 Å². The number of allylic oxidation sites excluding steroid dienone is 1. The van der Waals surface area contributed by atoms with Gasteiger partial charge in [0.25, 0.3) is 0 Å². The average molecular weight is 210 g/mol. The van der Waals surface area contributed by atoms with Gasteiger partial charge in [0.15, 0.2) is 0 Å². The predicted molar refractivity (Wildman–Crippen MR) is 58.8 cm³/mol. The number of halogens is 1. The summed E-state index contributed by atoms with van der Waals surface area (Å²) in [5.41, 5.74) is 7.29. The molecule has 4 heteroatoms. The molecular weight excluding hydrogens is 195 g/mol. The largest absolute Gasteiger partial charge is 0.401 e. The van der Waals surface area contributed by atoms with E-state index >= 15 is 0 Å². The summed E-state index contributed by atoms with van der Waals surface area (Å²) in [5.74, 6) is -0.313. The van der Waals surface area contributed by atoms with Crippen molar-refractivity contribution in [1.29, 1.82) is 0 Å². The van der Waals surface area contributed by atoms with Gasteiger partial charge in [0, 0.05) is 12.8 Å². The minimum atomic E-state index is -0.313.